The molecular weight excluding hydrogens is 202 g/mol. The standard InChI is InChI=1S/C13H29NO2/c1-5-13(6-2,11-15)10-14-7-8-16-9-12(3)4/h12,14-15H,5-11H2,1-4H3. The summed E-state index contributed by atoms with van der Waals surface area (Å²) < 4.78 is 5.49. The molecule has 0 aliphatic heterocycles. The van der Waals surface area contributed by atoms with Gasteiger partial charge >= 0.3 is 0 Å². The Morgan fingerprint density at radius 3 is 2.31 bits per heavy atom. The first kappa shape index (κ1) is 15.9. The fourth-order valence-electron chi connectivity index (χ4n) is 1.60. The van der Waals surface area contributed by atoms with Crippen LogP contribution in [-0.4, -0.2) is 38.0 Å². The third-order valence-electron chi connectivity index (χ3n) is 3.21. The van der Waals surface area contributed by atoms with Crippen molar-refractivity contribution in [1.82, 2.24) is 5.32 Å². The maximum Gasteiger partial charge on any atom is 0.0591 e. The lowest BCUT2D eigenvalue weighted by Gasteiger charge is -2.29. The topological polar surface area (TPSA) is 41.5 Å². The molecule has 3 nitrogen and oxygen atoms in total. The second-order valence-electron chi connectivity index (χ2n) is 5.01. The van der Waals surface area contributed by atoms with Gasteiger partial charge in [-0.25, -0.2) is 0 Å². The first-order chi connectivity index (χ1) is 7.60. The maximum atomic E-state index is 9.38. The van der Waals surface area contributed by atoms with Gasteiger partial charge in [-0.15, -0.1) is 0 Å². The molecule has 0 aliphatic carbocycles. The number of aliphatic hydroxyl groups is 1. The van der Waals surface area contributed by atoms with Crippen LogP contribution in [0, 0.1) is 11.3 Å². The zero-order valence-electron chi connectivity index (χ0n) is 11.4. The number of nitrogens with one attached hydrogen (secondary N) is 1. The monoisotopic (exact) mass is 231 g/mol. The molecule has 0 saturated heterocycles. The molecule has 2 N–H and O–H groups in total. The van der Waals surface area contributed by atoms with Crippen LogP contribution in [0.2, 0.25) is 0 Å². The lowest BCUT2D eigenvalue weighted by molar-refractivity contribution is 0.0940. The Hall–Kier alpha value is -0.120. The van der Waals surface area contributed by atoms with Gasteiger partial charge in [0, 0.05) is 31.7 Å². The van der Waals surface area contributed by atoms with E-state index in [2.05, 4.69) is 33.0 Å². The highest BCUT2D eigenvalue weighted by atomic mass is 16.5. The average molecular weight is 231 g/mol. The van der Waals surface area contributed by atoms with Crippen molar-refractivity contribution in [3.05, 3.63) is 0 Å². The minimum absolute atomic E-state index is 0.0536. The first-order valence-corrected chi connectivity index (χ1v) is 6.49. The summed E-state index contributed by atoms with van der Waals surface area (Å²) >= 11 is 0. The van der Waals surface area contributed by atoms with Crippen LogP contribution in [0.4, 0.5) is 0 Å². The van der Waals surface area contributed by atoms with Crippen molar-refractivity contribution in [3.8, 4) is 0 Å². The zero-order valence-corrected chi connectivity index (χ0v) is 11.4. The molecule has 16 heavy (non-hydrogen) atoms. The second-order valence-corrected chi connectivity index (χ2v) is 5.01. The molecule has 0 aromatic heterocycles. The van der Waals surface area contributed by atoms with E-state index < -0.39 is 0 Å². The Labute approximate surface area is 101 Å². The predicted octanol–water partition coefficient (Wildman–Crippen LogP) is 2.05. The number of rotatable bonds is 10. The maximum absolute atomic E-state index is 9.38. The van der Waals surface area contributed by atoms with Crippen molar-refractivity contribution in [2.24, 2.45) is 11.3 Å². The van der Waals surface area contributed by atoms with Crippen LogP contribution in [0.1, 0.15) is 40.5 Å². The Balaban J connectivity index is 3.55. The van der Waals surface area contributed by atoms with E-state index >= 15 is 0 Å². The molecule has 0 radical (unpaired) electrons. The van der Waals surface area contributed by atoms with Gasteiger partial charge in [0.2, 0.25) is 0 Å². The highest BCUT2D eigenvalue weighted by Gasteiger charge is 2.24. The van der Waals surface area contributed by atoms with Crippen LogP contribution in [0.5, 0.6) is 0 Å². The number of hydrogen-bond donors (Lipinski definition) is 2. The number of ether oxygens (including phenoxy) is 1. The molecule has 0 aromatic carbocycles. The zero-order chi connectivity index (χ0) is 12.4. The van der Waals surface area contributed by atoms with Gasteiger partial charge in [0.1, 0.15) is 0 Å². The molecular formula is C13H29NO2. The van der Waals surface area contributed by atoms with Gasteiger partial charge < -0.3 is 15.2 Å². The van der Waals surface area contributed by atoms with Gasteiger partial charge in [0.15, 0.2) is 0 Å². The third kappa shape index (κ3) is 6.46. The van der Waals surface area contributed by atoms with Crippen molar-refractivity contribution in [2.75, 3.05) is 32.9 Å². The molecule has 0 saturated carbocycles. The molecule has 0 heterocycles. The summed E-state index contributed by atoms with van der Waals surface area (Å²) in [5.74, 6) is 0.600. The molecule has 98 valence electrons. The molecule has 0 unspecified atom stereocenters. The van der Waals surface area contributed by atoms with Crippen LogP contribution in [-0.2, 0) is 4.74 Å². The van der Waals surface area contributed by atoms with Gasteiger partial charge in [-0.3, -0.25) is 0 Å². The summed E-state index contributed by atoms with van der Waals surface area (Å²) in [6, 6.07) is 0. The Kier molecular flexibility index (Phi) is 8.90. The van der Waals surface area contributed by atoms with Crippen LogP contribution < -0.4 is 5.32 Å². The molecule has 0 amide bonds. The fraction of sp³-hybridized carbons (Fsp3) is 1.00. The summed E-state index contributed by atoms with van der Waals surface area (Å²) in [7, 11) is 0. The van der Waals surface area contributed by atoms with E-state index in [-0.39, 0.29) is 12.0 Å². The van der Waals surface area contributed by atoms with E-state index in [4.69, 9.17) is 4.74 Å². The van der Waals surface area contributed by atoms with Crippen molar-refractivity contribution >= 4 is 0 Å². The van der Waals surface area contributed by atoms with Crippen molar-refractivity contribution in [2.45, 2.75) is 40.5 Å². The molecule has 0 bridgehead atoms. The van der Waals surface area contributed by atoms with Gasteiger partial charge in [0.25, 0.3) is 0 Å². The largest absolute Gasteiger partial charge is 0.396 e. The van der Waals surface area contributed by atoms with Crippen molar-refractivity contribution < 1.29 is 9.84 Å². The van der Waals surface area contributed by atoms with E-state index in [0.717, 1.165) is 39.1 Å². The van der Waals surface area contributed by atoms with Crippen molar-refractivity contribution in [1.29, 1.82) is 0 Å². The molecule has 0 rings (SSSR count). The van der Waals surface area contributed by atoms with Crippen molar-refractivity contribution in [3.63, 3.8) is 0 Å². The van der Waals surface area contributed by atoms with Crippen LogP contribution in [0.25, 0.3) is 0 Å². The summed E-state index contributed by atoms with van der Waals surface area (Å²) in [4.78, 5) is 0. The molecule has 0 spiro atoms. The number of aliphatic hydroxyl groups excluding tert-OH is 1. The molecule has 0 aromatic rings. The first-order valence-electron chi connectivity index (χ1n) is 6.49. The van der Waals surface area contributed by atoms with E-state index in [1.54, 1.807) is 0 Å². The lowest BCUT2D eigenvalue weighted by Crippen LogP contribution is -2.37. The van der Waals surface area contributed by atoms with Crippen LogP contribution in [0.3, 0.4) is 0 Å². The molecule has 0 atom stereocenters. The molecule has 0 aliphatic rings. The summed E-state index contributed by atoms with van der Waals surface area (Å²) in [6.07, 6.45) is 2.03. The normalized spacial score (nSPS) is 12.4. The minimum Gasteiger partial charge on any atom is -0.396 e. The fourth-order valence-corrected chi connectivity index (χ4v) is 1.60. The van der Waals surface area contributed by atoms with Crippen LogP contribution in [0.15, 0.2) is 0 Å². The highest BCUT2D eigenvalue weighted by molar-refractivity contribution is 4.77. The van der Waals surface area contributed by atoms with Gasteiger partial charge in [0.05, 0.1) is 6.61 Å². The quantitative estimate of drug-likeness (QED) is 0.565. The average Bonchev–Trinajstić information content (AvgIpc) is 2.29. The lowest BCUT2D eigenvalue weighted by atomic mass is 9.83. The minimum atomic E-state index is 0.0536. The van der Waals surface area contributed by atoms with E-state index in [0.29, 0.717) is 5.92 Å². The van der Waals surface area contributed by atoms with Gasteiger partial charge in [-0.2, -0.15) is 0 Å². The second kappa shape index (κ2) is 8.97. The Morgan fingerprint density at radius 2 is 1.88 bits per heavy atom. The van der Waals surface area contributed by atoms with E-state index in [1.165, 1.54) is 0 Å². The van der Waals surface area contributed by atoms with E-state index in [1.807, 2.05) is 0 Å². The summed E-state index contributed by atoms with van der Waals surface area (Å²) in [5, 5.41) is 12.7. The Bertz CT molecular complexity index is 148. The Morgan fingerprint density at radius 1 is 1.25 bits per heavy atom. The summed E-state index contributed by atoms with van der Waals surface area (Å²) in [6.45, 7) is 12.2. The van der Waals surface area contributed by atoms with Crippen LogP contribution >= 0.6 is 0 Å². The van der Waals surface area contributed by atoms with Gasteiger partial charge in [-0.1, -0.05) is 27.7 Å². The van der Waals surface area contributed by atoms with Gasteiger partial charge in [-0.05, 0) is 18.8 Å². The smallest absolute Gasteiger partial charge is 0.0591 e. The molecule has 0 fully saturated rings. The van der Waals surface area contributed by atoms with E-state index in [9.17, 15) is 5.11 Å². The molecule has 3 heteroatoms. The highest BCUT2D eigenvalue weighted by Crippen LogP contribution is 2.24. The predicted molar refractivity (Wildman–Crippen MR) is 68.6 cm³/mol. The SMILES string of the molecule is CCC(CC)(CO)CNCCOCC(C)C. The third-order valence-corrected chi connectivity index (χ3v) is 3.21. The summed E-state index contributed by atoms with van der Waals surface area (Å²) in [5.41, 5.74) is 0.0536. The number of hydrogen-bond acceptors (Lipinski definition) is 3.